The van der Waals surface area contributed by atoms with Gasteiger partial charge in [-0.25, -0.2) is 0 Å². The molecule has 26 heavy (non-hydrogen) atoms. The average molecular weight is 342 g/mol. The summed E-state index contributed by atoms with van der Waals surface area (Å²) in [7, 11) is 0. The maximum Gasteiger partial charge on any atom is 0.143 e. The van der Waals surface area contributed by atoms with Crippen molar-refractivity contribution in [1.29, 1.82) is 0 Å². The average Bonchev–Trinajstić information content (AvgIpc) is 2.96. The Morgan fingerprint density at radius 1 is 0.923 bits per heavy atom. The zero-order valence-corrected chi connectivity index (χ0v) is 14.1. The molecule has 0 fully saturated rings. The zero-order chi connectivity index (χ0) is 17.6. The molecule has 4 nitrogen and oxygen atoms in total. The molecule has 0 bridgehead atoms. The van der Waals surface area contributed by atoms with E-state index in [0.29, 0.717) is 6.61 Å². The summed E-state index contributed by atoms with van der Waals surface area (Å²) in [5.41, 5.74) is 2.03. The van der Waals surface area contributed by atoms with Gasteiger partial charge in [-0.05, 0) is 42.0 Å². The van der Waals surface area contributed by atoms with Crippen LogP contribution in [0.3, 0.4) is 0 Å². The summed E-state index contributed by atoms with van der Waals surface area (Å²) >= 11 is 0. The number of nitrogens with zero attached hydrogens (tertiary/aromatic N) is 1. The van der Waals surface area contributed by atoms with Crippen molar-refractivity contribution in [3.63, 3.8) is 0 Å². The van der Waals surface area contributed by atoms with Gasteiger partial charge < -0.3 is 14.8 Å². The Hall–Kier alpha value is -3.53. The largest absolute Gasteiger partial charge is 0.487 e. The quantitative estimate of drug-likeness (QED) is 0.729. The van der Waals surface area contributed by atoms with Gasteiger partial charge in [0.25, 0.3) is 0 Å². The van der Waals surface area contributed by atoms with Gasteiger partial charge in [-0.1, -0.05) is 36.4 Å². The molecular formula is C22H18N2O2. The first-order valence-electron chi connectivity index (χ1n) is 8.41. The summed E-state index contributed by atoms with van der Waals surface area (Å²) in [4.78, 5) is 4.41. The molecule has 0 aliphatic carbocycles. The highest BCUT2D eigenvalue weighted by Crippen LogP contribution is 2.20. The molecule has 3 aromatic rings. The summed E-state index contributed by atoms with van der Waals surface area (Å²) in [5, 5.41) is 4.09. The highest BCUT2D eigenvalue weighted by atomic mass is 16.5. The molecule has 0 spiro atoms. The van der Waals surface area contributed by atoms with Crippen LogP contribution >= 0.6 is 0 Å². The summed E-state index contributed by atoms with van der Waals surface area (Å²) < 4.78 is 11.7. The van der Waals surface area contributed by atoms with Crippen LogP contribution in [0.5, 0.6) is 11.5 Å². The fourth-order valence-corrected chi connectivity index (χ4v) is 2.59. The minimum atomic E-state index is 0.481. The molecular weight excluding hydrogens is 324 g/mol. The summed E-state index contributed by atoms with van der Waals surface area (Å²) in [6, 6.07) is 17.9. The van der Waals surface area contributed by atoms with Crippen LogP contribution in [0.4, 0.5) is 0 Å². The van der Waals surface area contributed by atoms with Gasteiger partial charge in [0.2, 0.25) is 0 Å². The minimum Gasteiger partial charge on any atom is -0.487 e. The van der Waals surface area contributed by atoms with Crippen molar-refractivity contribution in [2.75, 3.05) is 0 Å². The Morgan fingerprint density at radius 2 is 1.81 bits per heavy atom. The molecule has 0 saturated carbocycles. The number of hydrogen-bond donors (Lipinski definition) is 1. The smallest absolute Gasteiger partial charge is 0.143 e. The van der Waals surface area contributed by atoms with E-state index in [-0.39, 0.29) is 0 Å². The van der Waals surface area contributed by atoms with Gasteiger partial charge in [-0.2, -0.15) is 0 Å². The second-order valence-electron chi connectivity index (χ2n) is 5.83. The number of pyridine rings is 1. The van der Waals surface area contributed by atoms with E-state index >= 15 is 0 Å². The van der Waals surface area contributed by atoms with Gasteiger partial charge in [0.05, 0.1) is 11.7 Å². The maximum absolute atomic E-state index is 5.86. The molecule has 0 saturated heterocycles. The number of aromatic nitrogens is 1. The molecule has 4 rings (SSSR count). The molecule has 2 heterocycles. The van der Waals surface area contributed by atoms with Gasteiger partial charge in [0.15, 0.2) is 0 Å². The summed E-state index contributed by atoms with van der Waals surface area (Å²) in [6.07, 6.45) is 11.1. The predicted octanol–water partition coefficient (Wildman–Crippen LogP) is 4.71. The van der Waals surface area contributed by atoms with E-state index in [4.69, 9.17) is 9.47 Å². The lowest BCUT2D eigenvalue weighted by Gasteiger charge is -2.09. The van der Waals surface area contributed by atoms with Crippen LogP contribution in [0.25, 0.3) is 10.9 Å². The number of fused-ring (bicyclic) bond motifs is 1. The van der Waals surface area contributed by atoms with Crippen LogP contribution in [0, 0.1) is 0 Å². The topological polar surface area (TPSA) is 43.4 Å². The predicted molar refractivity (Wildman–Crippen MR) is 103 cm³/mol. The number of benzene rings is 2. The third-order valence-electron chi connectivity index (χ3n) is 3.92. The minimum absolute atomic E-state index is 0.481. The fraction of sp³-hybridized carbons (Fsp3) is 0.0455. The summed E-state index contributed by atoms with van der Waals surface area (Å²) in [5.74, 6) is 2.29. The molecule has 4 heteroatoms. The normalized spacial score (nSPS) is 13.0. The lowest BCUT2D eigenvalue weighted by molar-refractivity contribution is 0.305. The number of allylic oxidation sites excluding steroid dienone is 3. The molecule has 1 aliphatic rings. The van der Waals surface area contributed by atoms with E-state index in [1.165, 1.54) is 0 Å². The van der Waals surface area contributed by atoms with Crippen molar-refractivity contribution in [3.05, 3.63) is 103 Å². The molecule has 0 unspecified atom stereocenters. The second kappa shape index (κ2) is 7.57. The molecule has 1 aromatic heterocycles. The molecule has 128 valence electrons. The Balaban J connectivity index is 1.38. The zero-order valence-electron chi connectivity index (χ0n) is 14.1. The van der Waals surface area contributed by atoms with Crippen molar-refractivity contribution in [3.8, 4) is 11.5 Å². The standard InChI is InChI=1S/C22H18N2O2/c1-2-7-22-18(5-1)13-21(15-24-22)25-16-17-8-10-19(11-9-17)26-20-6-3-4-12-23-14-20/h1-15,23H,16H2. The molecule has 0 radical (unpaired) electrons. The third-order valence-corrected chi connectivity index (χ3v) is 3.92. The number of para-hydroxylation sites is 1. The van der Waals surface area contributed by atoms with Gasteiger partial charge in [-0.3, -0.25) is 4.98 Å². The van der Waals surface area contributed by atoms with Crippen LogP contribution in [0.2, 0.25) is 0 Å². The van der Waals surface area contributed by atoms with Gasteiger partial charge >= 0.3 is 0 Å². The Kier molecular flexibility index (Phi) is 4.65. The Labute approximate surface area is 152 Å². The van der Waals surface area contributed by atoms with Gasteiger partial charge in [0.1, 0.15) is 23.9 Å². The Morgan fingerprint density at radius 3 is 2.73 bits per heavy atom. The first kappa shape index (κ1) is 16.0. The number of rotatable bonds is 5. The van der Waals surface area contributed by atoms with Crippen molar-refractivity contribution in [1.82, 2.24) is 10.3 Å². The van der Waals surface area contributed by atoms with Crippen LogP contribution in [0.1, 0.15) is 5.56 Å². The lowest BCUT2D eigenvalue weighted by Crippen LogP contribution is -1.99. The molecule has 2 aromatic carbocycles. The van der Waals surface area contributed by atoms with E-state index in [1.54, 1.807) is 6.20 Å². The van der Waals surface area contributed by atoms with Crippen LogP contribution in [-0.2, 0) is 6.61 Å². The highest BCUT2D eigenvalue weighted by molar-refractivity contribution is 5.79. The van der Waals surface area contributed by atoms with Gasteiger partial charge in [-0.15, -0.1) is 0 Å². The first-order valence-corrected chi connectivity index (χ1v) is 8.41. The lowest BCUT2D eigenvalue weighted by atomic mass is 10.2. The van der Waals surface area contributed by atoms with Crippen LogP contribution in [0.15, 0.2) is 97.2 Å². The van der Waals surface area contributed by atoms with E-state index in [2.05, 4.69) is 10.3 Å². The van der Waals surface area contributed by atoms with Crippen molar-refractivity contribution < 1.29 is 9.47 Å². The van der Waals surface area contributed by atoms with E-state index < -0.39 is 0 Å². The number of nitrogens with one attached hydrogen (secondary N) is 1. The van der Waals surface area contributed by atoms with Crippen molar-refractivity contribution >= 4 is 10.9 Å². The molecule has 1 N–H and O–H groups in total. The third kappa shape index (κ3) is 3.92. The fourth-order valence-electron chi connectivity index (χ4n) is 2.59. The summed E-state index contributed by atoms with van der Waals surface area (Å²) in [6.45, 7) is 0.481. The Bertz CT molecular complexity index is 988. The molecule has 0 amide bonds. The van der Waals surface area contributed by atoms with Crippen molar-refractivity contribution in [2.24, 2.45) is 0 Å². The van der Waals surface area contributed by atoms with Crippen molar-refractivity contribution in [2.45, 2.75) is 6.61 Å². The number of hydrogen-bond acceptors (Lipinski definition) is 4. The van der Waals surface area contributed by atoms with Crippen LogP contribution < -0.4 is 14.8 Å². The molecule has 1 aliphatic heterocycles. The monoisotopic (exact) mass is 342 g/mol. The van der Waals surface area contributed by atoms with E-state index in [9.17, 15) is 0 Å². The van der Waals surface area contributed by atoms with Gasteiger partial charge in [0, 0.05) is 17.8 Å². The van der Waals surface area contributed by atoms with E-state index in [0.717, 1.165) is 33.7 Å². The van der Waals surface area contributed by atoms with Crippen LogP contribution in [-0.4, -0.2) is 4.98 Å². The SMILES string of the molecule is C1=CNC=C(Oc2ccc(COc3cnc4ccccc4c3)cc2)C=C1. The van der Waals surface area contributed by atoms with E-state index in [1.807, 2.05) is 85.2 Å². The molecule has 0 atom stereocenters. The maximum atomic E-state index is 5.86. The first-order chi connectivity index (χ1) is 12.9. The second-order valence-corrected chi connectivity index (χ2v) is 5.83. The highest BCUT2D eigenvalue weighted by Gasteiger charge is 2.02. The number of ether oxygens (including phenoxy) is 2.